The van der Waals surface area contributed by atoms with Crippen molar-refractivity contribution in [3.05, 3.63) is 89.5 Å². The first-order chi connectivity index (χ1) is 18.7. The van der Waals surface area contributed by atoms with Crippen LogP contribution in [0.5, 0.6) is 0 Å². The molecule has 3 aromatic rings. The maximum absolute atomic E-state index is 12.2. The van der Waals surface area contributed by atoms with Gasteiger partial charge in [-0.2, -0.15) is 74.7 Å². The summed E-state index contributed by atoms with van der Waals surface area (Å²) < 4.78 is 199. The number of hydrogen-bond acceptors (Lipinski definition) is 6. The standard InChI is InChI=1S/3C7H5F3O3S.H3P/c3*8-7(9,10)5-3-1-2-4-6(5)14(11,12)13;/h3*1-4H,(H,11,12,13);1H3. The van der Waals surface area contributed by atoms with E-state index in [1.807, 2.05) is 0 Å². The molecule has 0 saturated carbocycles. The average Bonchev–Trinajstić information content (AvgIpc) is 2.82. The lowest BCUT2D eigenvalue weighted by molar-refractivity contribution is -0.140. The molecule has 0 spiro atoms. The van der Waals surface area contributed by atoms with Crippen LogP contribution in [0.2, 0.25) is 0 Å². The Bertz CT molecular complexity index is 1520. The highest BCUT2D eigenvalue weighted by Crippen LogP contribution is 2.35. The van der Waals surface area contributed by atoms with Crippen LogP contribution < -0.4 is 0 Å². The average molecular weight is 713 g/mol. The number of rotatable bonds is 3. The first-order valence-corrected chi connectivity index (χ1v) is 14.4. The summed E-state index contributed by atoms with van der Waals surface area (Å²) in [4.78, 5) is -3.40. The molecule has 3 aromatic carbocycles. The Morgan fingerprint density at radius 2 is 0.558 bits per heavy atom. The minimum Gasteiger partial charge on any atom is -0.282 e. The van der Waals surface area contributed by atoms with Crippen molar-refractivity contribution in [2.45, 2.75) is 33.2 Å². The fraction of sp³-hybridized carbons (Fsp3) is 0.143. The van der Waals surface area contributed by atoms with Gasteiger partial charge in [0.2, 0.25) is 0 Å². The van der Waals surface area contributed by atoms with Gasteiger partial charge in [0.05, 0.1) is 16.7 Å². The molecule has 0 amide bonds. The van der Waals surface area contributed by atoms with E-state index >= 15 is 0 Å². The van der Waals surface area contributed by atoms with Crippen LogP contribution in [0.1, 0.15) is 16.7 Å². The summed E-state index contributed by atoms with van der Waals surface area (Å²) in [7, 11) is -14.5. The molecular formula is C21H18F9O9PS3. The third kappa shape index (κ3) is 12.4. The molecule has 1 unspecified atom stereocenters. The van der Waals surface area contributed by atoms with Gasteiger partial charge in [-0.25, -0.2) is 0 Å². The lowest BCUT2D eigenvalue weighted by Gasteiger charge is -2.09. The molecule has 0 bridgehead atoms. The highest BCUT2D eigenvalue weighted by atomic mass is 32.2. The van der Waals surface area contributed by atoms with Crippen LogP contribution in [-0.4, -0.2) is 38.9 Å². The Labute approximate surface area is 241 Å². The first kappa shape index (κ1) is 40.2. The largest absolute Gasteiger partial charge is 0.417 e. The van der Waals surface area contributed by atoms with Crippen molar-refractivity contribution in [1.29, 1.82) is 0 Å². The topological polar surface area (TPSA) is 163 Å². The quantitative estimate of drug-likeness (QED) is 0.170. The molecule has 9 nitrogen and oxygen atoms in total. The van der Waals surface area contributed by atoms with Crippen LogP contribution in [0.25, 0.3) is 0 Å². The van der Waals surface area contributed by atoms with Gasteiger partial charge in [-0.05, 0) is 36.4 Å². The van der Waals surface area contributed by atoms with Crippen LogP contribution in [0.15, 0.2) is 87.5 Å². The smallest absolute Gasteiger partial charge is 0.282 e. The third-order valence-electron chi connectivity index (χ3n) is 4.41. The lowest BCUT2D eigenvalue weighted by atomic mass is 10.2. The number of alkyl halides is 9. The van der Waals surface area contributed by atoms with Crippen LogP contribution >= 0.6 is 9.90 Å². The van der Waals surface area contributed by atoms with E-state index in [0.717, 1.165) is 36.4 Å². The molecule has 242 valence electrons. The Morgan fingerprint density at radius 1 is 0.395 bits per heavy atom. The van der Waals surface area contributed by atoms with E-state index in [0.29, 0.717) is 36.4 Å². The number of hydrogen-bond donors (Lipinski definition) is 3. The molecule has 0 aliphatic carbocycles. The van der Waals surface area contributed by atoms with Crippen molar-refractivity contribution in [3.8, 4) is 0 Å². The molecule has 3 rings (SSSR count). The van der Waals surface area contributed by atoms with Crippen molar-refractivity contribution >= 4 is 40.3 Å². The second-order valence-corrected chi connectivity index (χ2v) is 11.6. The summed E-state index contributed by atoms with van der Waals surface area (Å²) >= 11 is 0. The van der Waals surface area contributed by atoms with Gasteiger partial charge in [0.1, 0.15) is 14.7 Å². The van der Waals surface area contributed by atoms with Gasteiger partial charge in [0.25, 0.3) is 30.4 Å². The van der Waals surface area contributed by atoms with Crippen LogP contribution in [-0.2, 0) is 48.9 Å². The molecule has 0 radical (unpaired) electrons. The summed E-state index contributed by atoms with van der Waals surface area (Å²) in [5.41, 5.74) is -4.12. The Balaban J connectivity index is 0.000000608. The summed E-state index contributed by atoms with van der Waals surface area (Å²) in [5, 5.41) is 0. The van der Waals surface area contributed by atoms with Crippen molar-refractivity contribution in [1.82, 2.24) is 0 Å². The van der Waals surface area contributed by atoms with Gasteiger partial charge < -0.3 is 0 Å². The monoisotopic (exact) mass is 712 g/mol. The van der Waals surface area contributed by atoms with Crippen molar-refractivity contribution in [3.63, 3.8) is 0 Å². The van der Waals surface area contributed by atoms with Crippen LogP contribution in [0.3, 0.4) is 0 Å². The SMILES string of the molecule is O=S(=O)(O)c1ccccc1C(F)(F)F.O=S(=O)(O)c1ccccc1C(F)(F)F.O=S(=O)(O)c1ccccc1C(F)(F)F.P. The zero-order valence-corrected chi connectivity index (χ0v) is 24.4. The van der Waals surface area contributed by atoms with Crippen molar-refractivity contribution in [2.24, 2.45) is 0 Å². The fourth-order valence-electron chi connectivity index (χ4n) is 2.78. The van der Waals surface area contributed by atoms with Gasteiger partial charge in [0.15, 0.2) is 0 Å². The zero-order chi connectivity index (χ0) is 32.9. The van der Waals surface area contributed by atoms with Gasteiger partial charge in [0, 0.05) is 0 Å². The first-order valence-electron chi connectivity index (χ1n) is 10.1. The Hall–Kier alpha value is -2.81. The Kier molecular flexibility index (Phi) is 13.4. The minimum absolute atomic E-state index is 0. The van der Waals surface area contributed by atoms with E-state index in [1.54, 1.807) is 0 Å². The minimum atomic E-state index is -4.84. The van der Waals surface area contributed by atoms with Gasteiger partial charge >= 0.3 is 18.5 Å². The van der Waals surface area contributed by atoms with Gasteiger partial charge in [-0.3, -0.25) is 13.7 Å². The predicted octanol–water partition coefficient (Wildman–Crippen LogP) is 5.91. The molecule has 0 heterocycles. The van der Waals surface area contributed by atoms with Gasteiger partial charge in [-0.1, -0.05) is 36.4 Å². The summed E-state index contributed by atoms with van der Waals surface area (Å²) in [5.74, 6) is 0. The number of benzene rings is 3. The molecule has 1 atom stereocenters. The van der Waals surface area contributed by atoms with E-state index < -0.39 is 80.3 Å². The summed E-state index contributed by atoms with van der Waals surface area (Å²) in [6.07, 6.45) is -14.4. The molecule has 0 fully saturated rings. The number of halogens is 9. The van der Waals surface area contributed by atoms with E-state index in [9.17, 15) is 64.8 Å². The second kappa shape index (κ2) is 14.3. The summed E-state index contributed by atoms with van der Waals surface area (Å²) in [6.45, 7) is 0. The predicted molar refractivity (Wildman–Crippen MR) is 135 cm³/mol. The van der Waals surface area contributed by atoms with E-state index in [4.69, 9.17) is 13.7 Å². The molecule has 0 saturated heterocycles. The molecule has 0 aliphatic heterocycles. The second-order valence-electron chi connectivity index (χ2n) is 7.41. The van der Waals surface area contributed by atoms with Crippen molar-refractivity contribution < 1.29 is 78.4 Å². The molecule has 43 heavy (non-hydrogen) atoms. The van der Waals surface area contributed by atoms with Crippen molar-refractivity contribution in [2.75, 3.05) is 0 Å². The zero-order valence-electron chi connectivity index (χ0n) is 20.6. The van der Waals surface area contributed by atoms with E-state index in [1.165, 1.54) is 0 Å². The lowest BCUT2D eigenvalue weighted by Crippen LogP contribution is -2.12. The molecular weight excluding hydrogens is 694 g/mol. The van der Waals surface area contributed by atoms with E-state index in [-0.39, 0.29) is 9.90 Å². The maximum Gasteiger partial charge on any atom is 0.417 e. The normalized spacial score (nSPS) is 12.6. The fourth-order valence-corrected chi connectivity index (χ4v) is 4.91. The molecule has 0 aliphatic rings. The highest BCUT2D eigenvalue weighted by Gasteiger charge is 2.38. The highest BCUT2D eigenvalue weighted by molar-refractivity contribution is 7.86. The molecule has 3 N–H and O–H groups in total. The maximum atomic E-state index is 12.2. The van der Waals surface area contributed by atoms with Crippen LogP contribution in [0.4, 0.5) is 39.5 Å². The molecule has 0 aromatic heterocycles. The Morgan fingerprint density at radius 3 is 0.674 bits per heavy atom. The van der Waals surface area contributed by atoms with Crippen LogP contribution in [0, 0.1) is 0 Å². The van der Waals surface area contributed by atoms with Gasteiger partial charge in [-0.15, -0.1) is 0 Å². The molecule has 22 heteroatoms. The van der Waals surface area contributed by atoms with E-state index in [2.05, 4.69) is 0 Å². The third-order valence-corrected chi connectivity index (χ3v) is 7.15. The summed E-state index contributed by atoms with van der Waals surface area (Å²) in [6, 6.07) is 10.2.